The first-order valence-electron chi connectivity index (χ1n) is 20.3. The Morgan fingerprint density at radius 3 is 1.55 bits per heavy atom. The fourth-order valence-corrected chi connectivity index (χ4v) is 14.3. The van der Waals surface area contributed by atoms with Crippen LogP contribution in [0.25, 0.3) is 0 Å². The average Bonchev–Trinajstić information content (AvgIpc) is 3.15. The van der Waals surface area contributed by atoms with Crippen LogP contribution in [0, 0.1) is 46.9 Å². The first-order chi connectivity index (χ1) is 26.2. The van der Waals surface area contributed by atoms with E-state index in [1.807, 2.05) is 0 Å². The van der Waals surface area contributed by atoms with E-state index < -0.39 is 83.5 Å². The first kappa shape index (κ1) is 39.3. The third-order valence-electron chi connectivity index (χ3n) is 14.0. The van der Waals surface area contributed by atoms with Crippen LogP contribution in [0.3, 0.4) is 0 Å². The summed E-state index contributed by atoms with van der Waals surface area (Å²) < 4.78 is 134. The summed E-state index contributed by atoms with van der Waals surface area (Å²) in [5.41, 5.74) is 1.94. The first-order valence-corrected chi connectivity index (χ1v) is 23.1. The molecule has 0 aliphatic heterocycles. The van der Waals surface area contributed by atoms with Crippen LogP contribution in [0.15, 0.2) is 21.9 Å². The van der Waals surface area contributed by atoms with Crippen LogP contribution < -0.4 is 4.74 Å². The van der Waals surface area contributed by atoms with Crippen molar-refractivity contribution in [2.45, 2.75) is 162 Å². The van der Waals surface area contributed by atoms with Crippen molar-refractivity contribution >= 4 is 26.2 Å². The van der Waals surface area contributed by atoms with Gasteiger partial charge in [-0.05, 0) is 123 Å². The zero-order chi connectivity index (χ0) is 38.9. The van der Waals surface area contributed by atoms with E-state index in [0.717, 1.165) is 88.2 Å². The van der Waals surface area contributed by atoms with Gasteiger partial charge in [0.1, 0.15) is 19.9 Å². The molecule has 0 N–H and O–H groups in total. The van der Waals surface area contributed by atoms with E-state index in [0.29, 0.717) is 30.1 Å². The highest BCUT2D eigenvalue weighted by Gasteiger charge is 2.60. The van der Waals surface area contributed by atoms with Crippen LogP contribution in [0.4, 0.5) is 17.6 Å². The summed E-state index contributed by atoms with van der Waals surface area (Å²) >= 11 is 0. The van der Waals surface area contributed by atoms with E-state index in [1.54, 1.807) is 0 Å². The fourth-order valence-electron chi connectivity index (χ4n) is 11.9. The molecule has 302 valence electrons. The van der Waals surface area contributed by atoms with Crippen molar-refractivity contribution in [2.75, 3.05) is 0 Å². The van der Waals surface area contributed by atoms with Gasteiger partial charge in [0.05, 0.1) is 11.5 Å². The number of halogens is 4. The van der Waals surface area contributed by atoms with Gasteiger partial charge in [-0.1, -0.05) is 69.9 Å². The predicted octanol–water partition coefficient (Wildman–Crippen LogP) is 9.80. The second kappa shape index (κ2) is 15.0. The number of carbonyl (C=O) groups excluding carboxylic acids is 1. The lowest BCUT2D eigenvalue weighted by Crippen LogP contribution is -2.58. The van der Waals surface area contributed by atoms with Crippen LogP contribution in [-0.2, 0) is 29.2 Å². The number of carbonyl (C=O) groups is 1. The highest BCUT2D eigenvalue weighted by Crippen LogP contribution is 2.61. The summed E-state index contributed by atoms with van der Waals surface area (Å²) in [5, 5.41) is 0. The lowest BCUT2D eigenvalue weighted by atomic mass is 9.50. The molecule has 2 unspecified atom stereocenters. The summed E-state index contributed by atoms with van der Waals surface area (Å²) in [5.74, 6) is -13.8. The Morgan fingerprint density at radius 1 is 0.636 bits per heavy atom. The second-order valence-electron chi connectivity index (χ2n) is 17.5. The molecular weight excluding hydrogens is 761 g/mol. The van der Waals surface area contributed by atoms with Gasteiger partial charge in [0.25, 0.3) is 10.1 Å². The number of benzene rings is 2. The summed E-state index contributed by atoms with van der Waals surface area (Å²) in [7, 11) is -10.3. The molecule has 8 nitrogen and oxygen atoms in total. The maximum Gasteiger partial charge on any atom is 0.315 e. The van der Waals surface area contributed by atoms with E-state index >= 15 is 8.42 Å². The molecule has 0 heterocycles. The van der Waals surface area contributed by atoms with Crippen molar-refractivity contribution in [3.63, 3.8) is 0 Å². The lowest BCUT2D eigenvalue weighted by molar-refractivity contribution is -0.168. The Morgan fingerprint density at radius 2 is 1.09 bits per heavy atom. The van der Waals surface area contributed by atoms with Crippen molar-refractivity contribution in [2.24, 2.45) is 23.7 Å². The molecule has 7 saturated carbocycles. The van der Waals surface area contributed by atoms with E-state index in [1.165, 1.54) is 24.8 Å². The molecule has 2 aromatic carbocycles. The number of esters is 1. The Labute approximate surface area is 321 Å². The summed E-state index contributed by atoms with van der Waals surface area (Å²) in [6, 6.07) is 4.40. The van der Waals surface area contributed by atoms with E-state index in [4.69, 9.17) is 8.92 Å². The van der Waals surface area contributed by atoms with Gasteiger partial charge in [0.15, 0.2) is 11.6 Å². The molecule has 55 heavy (non-hydrogen) atoms. The average molecular weight is 810 g/mol. The number of ether oxygens (including phenoxy) is 1. The molecule has 2 atom stereocenters. The fraction of sp³-hybridized carbons (Fsp3) is 0.683. The topological polar surface area (TPSA) is 127 Å². The third kappa shape index (κ3) is 7.39. The highest BCUT2D eigenvalue weighted by molar-refractivity contribution is 7.87. The standard InChI is InChI=1S/C41H50F4O8S2/c42-33-35(44)39(54(47,48)49)36(45)34(43)37(33)52-40(46)32-28-16-23-17-29(32)22-41(20-23,21-28)53-55(50,51)38-30(25-12-6-2-7-13-25)18-27(24-10-4-1-5-11-24)19-31(38)26-14-8-3-9-15-26/h18-19,23-26,28-29,32H,1-17,20-22H2,(H,47,48,49)/p-1. The Hall–Kier alpha value is -2.55. The quantitative estimate of drug-likeness (QED) is 0.0612. The lowest BCUT2D eigenvalue weighted by Gasteiger charge is -2.58. The van der Waals surface area contributed by atoms with E-state index in [-0.39, 0.29) is 30.6 Å². The van der Waals surface area contributed by atoms with Crippen LogP contribution in [0.1, 0.15) is 163 Å². The van der Waals surface area contributed by atoms with Crippen LogP contribution in [-0.4, -0.2) is 33.0 Å². The smallest absolute Gasteiger partial charge is 0.315 e. The Balaban J connectivity index is 1.11. The van der Waals surface area contributed by atoms with Gasteiger partial charge in [-0.2, -0.15) is 17.2 Å². The summed E-state index contributed by atoms with van der Waals surface area (Å²) in [6.07, 6.45) is 17.7. The third-order valence-corrected chi connectivity index (χ3v) is 16.4. The minimum atomic E-state index is -5.94. The Bertz CT molecular complexity index is 1970. The number of rotatable bonds is 9. The van der Waals surface area contributed by atoms with Gasteiger partial charge in [-0.3, -0.25) is 8.98 Å². The Kier molecular flexibility index (Phi) is 10.7. The van der Waals surface area contributed by atoms with Crippen molar-refractivity contribution in [1.29, 1.82) is 0 Å². The molecule has 0 amide bonds. The molecule has 2 aromatic rings. The molecule has 7 aliphatic carbocycles. The molecule has 7 aliphatic rings. The zero-order valence-corrected chi connectivity index (χ0v) is 32.6. The van der Waals surface area contributed by atoms with Gasteiger partial charge in [-0.25, -0.2) is 17.2 Å². The molecule has 7 fully saturated rings. The molecule has 4 bridgehead atoms. The van der Waals surface area contributed by atoms with E-state index in [9.17, 15) is 35.3 Å². The van der Waals surface area contributed by atoms with Gasteiger partial charge in [-0.15, -0.1) is 0 Å². The summed E-state index contributed by atoms with van der Waals surface area (Å²) in [4.78, 5) is 11.6. The SMILES string of the molecule is O=C(Oc1c(F)c(F)c(S(=O)(=O)[O-])c(F)c1F)C1C2CC3CC1CC(OS(=O)(=O)c1c(C4CCCCC4)cc(C4CCCCC4)cc1C1CCCCC1)(C3)C2. The maximum atomic E-state index is 15.1. The largest absolute Gasteiger partial charge is 0.744 e. The molecule has 0 radical (unpaired) electrons. The minimum absolute atomic E-state index is 0.0194. The van der Waals surface area contributed by atoms with Gasteiger partial charge in [0, 0.05) is 0 Å². The number of hydrogen-bond donors (Lipinski definition) is 0. The highest BCUT2D eigenvalue weighted by atomic mass is 32.2. The van der Waals surface area contributed by atoms with Gasteiger partial charge in [0.2, 0.25) is 17.4 Å². The van der Waals surface area contributed by atoms with Crippen molar-refractivity contribution < 1.29 is 52.7 Å². The van der Waals surface area contributed by atoms with Crippen LogP contribution in [0.2, 0.25) is 0 Å². The van der Waals surface area contributed by atoms with Crippen molar-refractivity contribution in [3.05, 3.63) is 52.1 Å². The van der Waals surface area contributed by atoms with Crippen LogP contribution >= 0.6 is 0 Å². The summed E-state index contributed by atoms with van der Waals surface area (Å²) in [6.45, 7) is 0. The van der Waals surface area contributed by atoms with Gasteiger partial charge >= 0.3 is 5.97 Å². The molecule has 9 rings (SSSR count). The maximum absolute atomic E-state index is 15.1. The molecule has 0 spiro atoms. The molecule has 0 aromatic heterocycles. The predicted molar refractivity (Wildman–Crippen MR) is 192 cm³/mol. The molecule has 14 heteroatoms. The van der Waals surface area contributed by atoms with Crippen LogP contribution in [0.5, 0.6) is 5.75 Å². The van der Waals surface area contributed by atoms with Crippen molar-refractivity contribution in [3.8, 4) is 5.75 Å². The number of hydrogen-bond acceptors (Lipinski definition) is 8. The molecular formula is C41H49F4O8S2-. The van der Waals surface area contributed by atoms with E-state index in [2.05, 4.69) is 12.1 Å². The zero-order valence-electron chi connectivity index (χ0n) is 30.9. The second-order valence-corrected chi connectivity index (χ2v) is 20.3. The monoisotopic (exact) mass is 809 g/mol. The van der Waals surface area contributed by atoms with Gasteiger partial charge < -0.3 is 9.29 Å². The minimum Gasteiger partial charge on any atom is -0.744 e. The molecule has 0 saturated heterocycles. The normalized spacial score (nSPS) is 29.5. The van der Waals surface area contributed by atoms with Crippen molar-refractivity contribution in [1.82, 2.24) is 0 Å².